The van der Waals surface area contributed by atoms with Crippen molar-refractivity contribution < 1.29 is 9.59 Å². The van der Waals surface area contributed by atoms with E-state index in [1.165, 1.54) is 12.8 Å². The highest BCUT2D eigenvalue weighted by Gasteiger charge is 2.40. The molecule has 2 aliphatic carbocycles. The average molecular weight is 330 g/mol. The Morgan fingerprint density at radius 1 is 1.29 bits per heavy atom. The standard InChI is InChI=1S/C18H26N4O2/c1-12-8-16(12)17(23)19-10-15-6-7-21(15)18(24)13-9-20-22(11-13)14-4-2-3-5-14/h9,11-12,14-16H,2-8,10H2,1H3,(H,19,23). The Balaban J connectivity index is 1.31. The van der Waals surface area contributed by atoms with Gasteiger partial charge >= 0.3 is 0 Å². The second kappa shape index (κ2) is 6.22. The molecule has 0 spiro atoms. The summed E-state index contributed by atoms with van der Waals surface area (Å²) in [7, 11) is 0. The predicted octanol–water partition coefficient (Wildman–Crippen LogP) is 1.98. The van der Waals surface area contributed by atoms with Crippen molar-refractivity contribution >= 4 is 11.8 Å². The van der Waals surface area contributed by atoms with Crippen LogP contribution in [0.1, 0.15) is 61.8 Å². The van der Waals surface area contributed by atoms with Gasteiger partial charge in [-0.25, -0.2) is 0 Å². The number of hydrogen-bond donors (Lipinski definition) is 1. The maximum Gasteiger partial charge on any atom is 0.257 e. The van der Waals surface area contributed by atoms with E-state index in [2.05, 4.69) is 17.3 Å². The fraction of sp³-hybridized carbons (Fsp3) is 0.722. The quantitative estimate of drug-likeness (QED) is 0.898. The Labute approximate surface area is 142 Å². The van der Waals surface area contributed by atoms with Crippen LogP contribution in [0.3, 0.4) is 0 Å². The summed E-state index contributed by atoms with van der Waals surface area (Å²) < 4.78 is 1.96. The van der Waals surface area contributed by atoms with Gasteiger partial charge in [0, 0.05) is 25.2 Å². The van der Waals surface area contributed by atoms with Crippen molar-refractivity contribution in [1.82, 2.24) is 20.0 Å². The molecule has 3 unspecified atom stereocenters. The molecule has 2 amide bonds. The van der Waals surface area contributed by atoms with Gasteiger partial charge in [-0.15, -0.1) is 0 Å². The zero-order valence-electron chi connectivity index (χ0n) is 14.3. The van der Waals surface area contributed by atoms with Gasteiger partial charge in [-0.05, 0) is 31.6 Å². The van der Waals surface area contributed by atoms with Crippen molar-refractivity contribution in [2.75, 3.05) is 13.1 Å². The Hall–Kier alpha value is -1.85. The van der Waals surface area contributed by atoms with Crippen LogP contribution in [0, 0.1) is 11.8 Å². The molecular formula is C18H26N4O2. The van der Waals surface area contributed by atoms with Crippen molar-refractivity contribution in [2.45, 2.75) is 57.5 Å². The third-order valence-corrected chi connectivity index (χ3v) is 5.91. The molecule has 1 aromatic heterocycles. The Kier molecular flexibility index (Phi) is 4.06. The summed E-state index contributed by atoms with van der Waals surface area (Å²) in [5.74, 6) is 0.907. The lowest BCUT2D eigenvalue weighted by Crippen LogP contribution is -2.56. The SMILES string of the molecule is CC1CC1C(=O)NCC1CCN1C(=O)c1cnn(C2CCCC2)c1. The van der Waals surface area contributed by atoms with Crippen molar-refractivity contribution in [3.63, 3.8) is 0 Å². The van der Waals surface area contributed by atoms with Crippen molar-refractivity contribution in [2.24, 2.45) is 11.8 Å². The number of nitrogens with zero attached hydrogens (tertiary/aromatic N) is 3. The first kappa shape index (κ1) is 15.7. The number of amides is 2. The molecule has 6 nitrogen and oxygen atoms in total. The maximum absolute atomic E-state index is 12.7. The minimum atomic E-state index is 0.0459. The first-order chi connectivity index (χ1) is 11.6. The lowest BCUT2D eigenvalue weighted by molar-refractivity contribution is -0.123. The molecule has 1 aromatic rings. The molecule has 2 heterocycles. The number of likely N-dealkylation sites (tertiary alicyclic amines) is 1. The predicted molar refractivity (Wildman–Crippen MR) is 89.5 cm³/mol. The van der Waals surface area contributed by atoms with Crippen molar-refractivity contribution in [1.29, 1.82) is 0 Å². The highest BCUT2D eigenvalue weighted by atomic mass is 16.2. The number of nitrogens with one attached hydrogen (secondary N) is 1. The molecular weight excluding hydrogens is 304 g/mol. The van der Waals surface area contributed by atoms with E-state index in [4.69, 9.17) is 0 Å². The number of aromatic nitrogens is 2. The lowest BCUT2D eigenvalue weighted by atomic mass is 10.0. The Bertz CT molecular complexity index is 635. The normalized spacial score (nSPS) is 29.4. The molecule has 24 heavy (non-hydrogen) atoms. The summed E-state index contributed by atoms with van der Waals surface area (Å²) in [5.41, 5.74) is 0.675. The van der Waals surface area contributed by atoms with Gasteiger partial charge in [0.1, 0.15) is 0 Å². The van der Waals surface area contributed by atoms with Crippen LogP contribution >= 0.6 is 0 Å². The smallest absolute Gasteiger partial charge is 0.257 e. The van der Waals surface area contributed by atoms with Gasteiger partial charge in [0.25, 0.3) is 5.91 Å². The molecule has 130 valence electrons. The van der Waals surface area contributed by atoms with Crippen LogP contribution in [0.25, 0.3) is 0 Å². The van der Waals surface area contributed by atoms with E-state index in [1.807, 2.05) is 15.8 Å². The monoisotopic (exact) mass is 330 g/mol. The molecule has 1 aliphatic heterocycles. The van der Waals surface area contributed by atoms with E-state index in [1.54, 1.807) is 6.20 Å². The molecule has 2 saturated carbocycles. The number of carbonyl (C=O) groups excluding carboxylic acids is 2. The average Bonchev–Trinajstić information content (AvgIpc) is 3.00. The van der Waals surface area contributed by atoms with Crippen molar-refractivity contribution in [3.05, 3.63) is 18.0 Å². The number of rotatable bonds is 5. The fourth-order valence-electron chi connectivity index (χ4n) is 3.94. The van der Waals surface area contributed by atoms with Gasteiger partial charge in [-0.1, -0.05) is 19.8 Å². The Morgan fingerprint density at radius 3 is 2.67 bits per heavy atom. The third kappa shape index (κ3) is 2.94. The molecule has 3 aliphatic rings. The van der Waals surface area contributed by atoms with E-state index < -0.39 is 0 Å². The summed E-state index contributed by atoms with van der Waals surface area (Å²) in [6.07, 6.45) is 10.4. The second-order valence-corrected chi connectivity index (χ2v) is 7.65. The van der Waals surface area contributed by atoms with Crippen LogP contribution in [-0.4, -0.2) is 45.6 Å². The second-order valence-electron chi connectivity index (χ2n) is 7.65. The molecule has 6 heteroatoms. The van der Waals surface area contributed by atoms with Crippen LogP contribution in [0.15, 0.2) is 12.4 Å². The molecule has 1 saturated heterocycles. The van der Waals surface area contributed by atoms with E-state index >= 15 is 0 Å². The highest BCUT2D eigenvalue weighted by molar-refractivity contribution is 5.94. The molecule has 0 aromatic carbocycles. The van der Waals surface area contributed by atoms with Gasteiger partial charge in [0.05, 0.1) is 23.8 Å². The fourth-order valence-corrected chi connectivity index (χ4v) is 3.94. The third-order valence-electron chi connectivity index (χ3n) is 5.91. The number of carbonyl (C=O) groups is 2. The first-order valence-electron chi connectivity index (χ1n) is 9.26. The zero-order valence-corrected chi connectivity index (χ0v) is 14.3. The summed E-state index contributed by atoms with van der Waals surface area (Å²) >= 11 is 0. The van der Waals surface area contributed by atoms with Gasteiger partial charge in [-0.2, -0.15) is 5.10 Å². The van der Waals surface area contributed by atoms with Gasteiger partial charge < -0.3 is 10.2 Å². The number of hydrogen-bond acceptors (Lipinski definition) is 3. The van der Waals surface area contributed by atoms with Gasteiger partial charge in [0.15, 0.2) is 0 Å². The van der Waals surface area contributed by atoms with Crippen molar-refractivity contribution in [3.8, 4) is 0 Å². The van der Waals surface area contributed by atoms with E-state index in [0.717, 1.165) is 32.2 Å². The topological polar surface area (TPSA) is 67.2 Å². The van der Waals surface area contributed by atoms with Gasteiger partial charge in [-0.3, -0.25) is 14.3 Å². The molecule has 4 rings (SSSR count). The molecule has 3 atom stereocenters. The Morgan fingerprint density at radius 2 is 2.04 bits per heavy atom. The minimum Gasteiger partial charge on any atom is -0.354 e. The maximum atomic E-state index is 12.7. The zero-order chi connectivity index (χ0) is 16.7. The minimum absolute atomic E-state index is 0.0459. The van der Waals surface area contributed by atoms with E-state index in [0.29, 0.717) is 24.1 Å². The highest BCUT2D eigenvalue weighted by Crippen LogP contribution is 2.37. The molecule has 0 radical (unpaired) electrons. The molecule has 1 N–H and O–H groups in total. The summed E-state index contributed by atoms with van der Waals surface area (Å²) in [5, 5.41) is 7.41. The first-order valence-corrected chi connectivity index (χ1v) is 9.26. The van der Waals surface area contributed by atoms with Crippen LogP contribution in [0.2, 0.25) is 0 Å². The van der Waals surface area contributed by atoms with Crippen LogP contribution in [-0.2, 0) is 4.79 Å². The van der Waals surface area contributed by atoms with Crippen LogP contribution in [0.5, 0.6) is 0 Å². The van der Waals surface area contributed by atoms with Crippen LogP contribution < -0.4 is 5.32 Å². The molecule has 0 bridgehead atoms. The molecule has 3 fully saturated rings. The summed E-state index contributed by atoms with van der Waals surface area (Å²) in [4.78, 5) is 26.5. The summed E-state index contributed by atoms with van der Waals surface area (Å²) in [6.45, 7) is 3.45. The summed E-state index contributed by atoms with van der Waals surface area (Å²) in [6, 6.07) is 0.587. The van der Waals surface area contributed by atoms with Gasteiger partial charge in [0.2, 0.25) is 5.91 Å². The van der Waals surface area contributed by atoms with E-state index in [-0.39, 0.29) is 23.8 Å². The lowest BCUT2D eigenvalue weighted by Gasteiger charge is -2.40. The largest absolute Gasteiger partial charge is 0.354 e. The van der Waals surface area contributed by atoms with E-state index in [9.17, 15) is 9.59 Å². The van der Waals surface area contributed by atoms with Crippen LogP contribution in [0.4, 0.5) is 0 Å².